The van der Waals surface area contributed by atoms with Crippen molar-refractivity contribution < 1.29 is 13.9 Å². The van der Waals surface area contributed by atoms with E-state index < -0.39 is 0 Å². The van der Waals surface area contributed by atoms with Crippen molar-refractivity contribution in [2.75, 3.05) is 7.11 Å². The van der Waals surface area contributed by atoms with Crippen molar-refractivity contribution in [3.8, 4) is 5.75 Å². The molecule has 0 radical (unpaired) electrons. The number of hydrogen-bond donors (Lipinski definition) is 1. The molecule has 4 nitrogen and oxygen atoms in total. The van der Waals surface area contributed by atoms with Gasteiger partial charge in [0.05, 0.1) is 24.0 Å². The molecule has 1 aliphatic carbocycles. The van der Waals surface area contributed by atoms with E-state index in [1.54, 1.807) is 6.07 Å². The Bertz CT molecular complexity index is 1240. The maximum Gasteiger partial charge on any atom is 0.165 e. The van der Waals surface area contributed by atoms with Gasteiger partial charge in [-0.15, -0.1) is 0 Å². The lowest BCUT2D eigenvalue weighted by Crippen LogP contribution is -2.16. The number of methoxy groups -OCH3 is 1. The van der Waals surface area contributed by atoms with Gasteiger partial charge in [0.1, 0.15) is 5.78 Å². The van der Waals surface area contributed by atoms with E-state index in [0.717, 1.165) is 50.7 Å². The third kappa shape index (κ3) is 2.66. The van der Waals surface area contributed by atoms with Crippen molar-refractivity contribution in [1.82, 2.24) is 9.97 Å². The van der Waals surface area contributed by atoms with Crippen LogP contribution >= 0.6 is 0 Å². The average Bonchev–Trinajstić information content (AvgIpc) is 3.08. The number of nitrogens with one attached hydrogen (secondary N) is 1. The van der Waals surface area contributed by atoms with Crippen LogP contribution in [-0.4, -0.2) is 22.9 Å². The van der Waals surface area contributed by atoms with Gasteiger partial charge in [0.25, 0.3) is 0 Å². The molecule has 5 rings (SSSR count). The summed E-state index contributed by atoms with van der Waals surface area (Å²) in [6.45, 7) is 0. The second-order valence-electron chi connectivity index (χ2n) is 7.27. The first-order chi connectivity index (χ1) is 13.6. The summed E-state index contributed by atoms with van der Waals surface area (Å²) >= 11 is 0. The van der Waals surface area contributed by atoms with E-state index in [-0.39, 0.29) is 17.3 Å². The molecule has 0 bridgehead atoms. The third-order valence-corrected chi connectivity index (χ3v) is 5.52. The molecule has 1 aliphatic rings. The maximum absolute atomic E-state index is 14.2. The number of carbonyl (C=O) groups is 1. The lowest BCUT2D eigenvalue weighted by molar-refractivity contribution is -0.118. The summed E-state index contributed by atoms with van der Waals surface area (Å²) in [5.41, 5.74) is 5.70. The highest BCUT2D eigenvalue weighted by atomic mass is 19.1. The van der Waals surface area contributed by atoms with E-state index in [4.69, 9.17) is 9.72 Å². The number of rotatable bonds is 3. The molecule has 0 spiro atoms. The van der Waals surface area contributed by atoms with Crippen molar-refractivity contribution in [2.24, 2.45) is 0 Å². The first-order valence-corrected chi connectivity index (χ1v) is 9.39. The second-order valence-corrected chi connectivity index (χ2v) is 7.27. The number of fused-ring (bicyclic) bond motifs is 5. The predicted molar refractivity (Wildman–Crippen MR) is 106 cm³/mol. The van der Waals surface area contributed by atoms with Gasteiger partial charge in [-0.3, -0.25) is 9.78 Å². The van der Waals surface area contributed by atoms with Gasteiger partial charge in [-0.25, -0.2) is 4.39 Å². The SMILES string of the molecule is COc1ccc(Cc2nc3c(c4c2[nH]c2ccccc24)CCC(=O)C3)cc1F. The van der Waals surface area contributed by atoms with Gasteiger partial charge in [0.2, 0.25) is 0 Å². The minimum Gasteiger partial charge on any atom is -0.494 e. The highest BCUT2D eigenvalue weighted by molar-refractivity contribution is 6.10. The van der Waals surface area contributed by atoms with Crippen LogP contribution in [0.5, 0.6) is 5.75 Å². The number of aromatic amines is 1. The number of para-hydroxylation sites is 1. The number of aryl methyl sites for hydroxylation is 1. The monoisotopic (exact) mass is 374 g/mol. The number of hydrogen-bond acceptors (Lipinski definition) is 3. The van der Waals surface area contributed by atoms with Crippen LogP contribution in [0.2, 0.25) is 0 Å². The topological polar surface area (TPSA) is 55.0 Å². The van der Waals surface area contributed by atoms with Gasteiger partial charge in [-0.1, -0.05) is 24.3 Å². The van der Waals surface area contributed by atoms with E-state index in [9.17, 15) is 9.18 Å². The number of ether oxygens (including phenoxy) is 1. The van der Waals surface area contributed by atoms with Crippen LogP contribution in [0.15, 0.2) is 42.5 Å². The number of H-pyrrole nitrogens is 1. The van der Waals surface area contributed by atoms with Crippen molar-refractivity contribution in [3.05, 3.63) is 70.8 Å². The number of Topliss-reactive ketones (excluding diaryl/α,β-unsaturated/α-hetero) is 1. The number of pyridine rings is 1. The zero-order valence-electron chi connectivity index (χ0n) is 15.5. The smallest absolute Gasteiger partial charge is 0.165 e. The number of carbonyl (C=O) groups excluding carboxylic acids is 1. The molecular weight excluding hydrogens is 355 g/mol. The molecule has 0 atom stereocenters. The Balaban J connectivity index is 1.72. The molecule has 0 saturated carbocycles. The first-order valence-electron chi connectivity index (χ1n) is 9.39. The summed E-state index contributed by atoms with van der Waals surface area (Å²) in [5, 5.41) is 2.30. The van der Waals surface area contributed by atoms with Gasteiger partial charge in [0, 0.05) is 35.6 Å². The summed E-state index contributed by atoms with van der Waals surface area (Å²) in [4.78, 5) is 20.4. The summed E-state index contributed by atoms with van der Waals surface area (Å²) in [6.07, 6.45) is 2.13. The third-order valence-electron chi connectivity index (χ3n) is 5.52. The highest BCUT2D eigenvalue weighted by Crippen LogP contribution is 2.35. The van der Waals surface area contributed by atoms with E-state index in [2.05, 4.69) is 11.1 Å². The van der Waals surface area contributed by atoms with Crippen molar-refractivity contribution in [1.29, 1.82) is 0 Å². The van der Waals surface area contributed by atoms with E-state index in [1.807, 2.05) is 24.3 Å². The summed E-state index contributed by atoms with van der Waals surface area (Å²) < 4.78 is 19.2. The van der Waals surface area contributed by atoms with Gasteiger partial charge < -0.3 is 9.72 Å². The molecule has 28 heavy (non-hydrogen) atoms. The van der Waals surface area contributed by atoms with E-state index >= 15 is 0 Å². The summed E-state index contributed by atoms with van der Waals surface area (Å²) in [6, 6.07) is 13.1. The molecule has 0 aliphatic heterocycles. The fourth-order valence-electron chi connectivity index (χ4n) is 4.20. The van der Waals surface area contributed by atoms with Crippen LogP contribution in [0.25, 0.3) is 21.8 Å². The zero-order valence-corrected chi connectivity index (χ0v) is 15.5. The van der Waals surface area contributed by atoms with Crippen LogP contribution < -0.4 is 4.74 Å². The van der Waals surface area contributed by atoms with Crippen LogP contribution in [0.4, 0.5) is 4.39 Å². The number of ketones is 1. The Kier molecular flexibility index (Phi) is 3.90. The molecule has 2 aromatic carbocycles. The molecule has 2 heterocycles. The average molecular weight is 374 g/mol. The number of aromatic nitrogens is 2. The van der Waals surface area contributed by atoms with Crippen molar-refractivity contribution >= 4 is 27.6 Å². The molecule has 0 saturated heterocycles. The maximum atomic E-state index is 14.2. The van der Waals surface area contributed by atoms with Crippen LogP contribution in [0.3, 0.4) is 0 Å². The molecule has 1 N–H and O–H groups in total. The lowest BCUT2D eigenvalue weighted by Gasteiger charge is -2.17. The Morgan fingerprint density at radius 2 is 2.04 bits per heavy atom. The highest BCUT2D eigenvalue weighted by Gasteiger charge is 2.24. The van der Waals surface area contributed by atoms with Crippen molar-refractivity contribution in [2.45, 2.75) is 25.7 Å². The lowest BCUT2D eigenvalue weighted by atomic mass is 9.90. The van der Waals surface area contributed by atoms with Gasteiger partial charge >= 0.3 is 0 Å². The van der Waals surface area contributed by atoms with E-state index in [0.29, 0.717) is 19.3 Å². The van der Waals surface area contributed by atoms with Crippen molar-refractivity contribution in [3.63, 3.8) is 0 Å². The molecule has 2 aromatic heterocycles. The largest absolute Gasteiger partial charge is 0.494 e. The van der Waals surface area contributed by atoms with Gasteiger partial charge in [-0.2, -0.15) is 0 Å². The van der Waals surface area contributed by atoms with Crippen LogP contribution in [-0.2, 0) is 24.1 Å². The van der Waals surface area contributed by atoms with Gasteiger partial charge in [-0.05, 0) is 35.7 Å². The molecule has 0 amide bonds. The Hall–Kier alpha value is -3.21. The Morgan fingerprint density at radius 3 is 2.86 bits per heavy atom. The minimum atomic E-state index is -0.388. The summed E-state index contributed by atoms with van der Waals surface area (Å²) in [5.74, 6) is 0.0603. The quantitative estimate of drug-likeness (QED) is 0.574. The molecule has 0 fully saturated rings. The molecular formula is C23H19FN2O2. The zero-order chi connectivity index (χ0) is 19.3. The van der Waals surface area contributed by atoms with Crippen LogP contribution in [0.1, 0.15) is 28.9 Å². The Morgan fingerprint density at radius 1 is 1.18 bits per heavy atom. The van der Waals surface area contributed by atoms with Crippen LogP contribution in [0, 0.1) is 5.82 Å². The predicted octanol–water partition coefficient (Wildman–Crippen LogP) is 4.51. The molecule has 140 valence electrons. The fraction of sp³-hybridized carbons (Fsp3) is 0.217. The molecule has 4 aromatic rings. The first kappa shape index (κ1) is 16.9. The molecule has 5 heteroatoms. The van der Waals surface area contributed by atoms with Gasteiger partial charge in [0.15, 0.2) is 11.6 Å². The standard InChI is InChI=1S/C23H19FN2O2/c1-28-21-9-6-13(10-17(21)24)11-20-23-22(15-4-2-3-5-18(15)26-23)16-8-7-14(27)12-19(16)25-20/h2-6,9-10,26H,7-8,11-12H2,1H3. The fourth-order valence-corrected chi connectivity index (χ4v) is 4.20. The normalized spacial score (nSPS) is 13.9. The number of halogens is 1. The number of benzene rings is 2. The molecule has 0 unspecified atom stereocenters. The second kappa shape index (κ2) is 6.44. The minimum absolute atomic E-state index is 0.223. The Labute approximate surface area is 161 Å². The summed E-state index contributed by atoms with van der Waals surface area (Å²) in [7, 11) is 1.45. The van der Waals surface area contributed by atoms with E-state index in [1.165, 1.54) is 13.2 Å². The number of nitrogens with zero attached hydrogens (tertiary/aromatic N) is 1.